The number of hydrogen-bond acceptors (Lipinski definition) is 3. The van der Waals surface area contributed by atoms with E-state index in [2.05, 4.69) is 5.32 Å². The minimum atomic E-state index is -0.885. The molecule has 0 aromatic carbocycles. The highest BCUT2D eigenvalue weighted by atomic mass is 16.4. The fourth-order valence-electron chi connectivity index (χ4n) is 2.17. The Morgan fingerprint density at radius 3 is 1.94 bits per heavy atom. The Balaban J connectivity index is 0. The fraction of sp³-hybridized carbons (Fsp3) is 0.846. The van der Waals surface area contributed by atoms with Crippen LogP contribution in [0, 0.1) is 10.8 Å². The summed E-state index contributed by atoms with van der Waals surface area (Å²) in [7, 11) is 1.62. The van der Waals surface area contributed by atoms with Gasteiger partial charge in [0, 0.05) is 5.41 Å². The molecule has 0 heterocycles. The average Bonchev–Trinajstić information content (AvgIpc) is 2.19. The zero-order valence-electron chi connectivity index (χ0n) is 12.1. The smallest absolute Gasteiger partial charge is 0.321 e. The molecule has 0 saturated carbocycles. The Bertz CT molecular complexity index is 247. The van der Waals surface area contributed by atoms with E-state index in [1.54, 1.807) is 7.05 Å². The number of carbonyl (C=O) groups excluding carboxylic acids is 1. The van der Waals surface area contributed by atoms with Crippen LogP contribution in [-0.4, -0.2) is 30.5 Å². The Kier molecular flexibility index (Phi) is 8.07. The second kappa shape index (κ2) is 7.43. The molecule has 102 valence electrons. The van der Waals surface area contributed by atoms with Crippen LogP contribution in [0.2, 0.25) is 0 Å². The molecule has 0 amide bonds. The van der Waals surface area contributed by atoms with Gasteiger partial charge in [-0.3, -0.25) is 4.79 Å². The van der Waals surface area contributed by atoms with Gasteiger partial charge in [-0.2, -0.15) is 0 Å². The van der Waals surface area contributed by atoms with Gasteiger partial charge in [0.05, 0.1) is 0 Å². The van der Waals surface area contributed by atoms with Gasteiger partial charge in [0.1, 0.15) is 12.3 Å². The topological polar surface area (TPSA) is 66.4 Å². The van der Waals surface area contributed by atoms with E-state index in [1.807, 2.05) is 41.5 Å². The Morgan fingerprint density at radius 1 is 1.29 bits per heavy atom. The summed E-state index contributed by atoms with van der Waals surface area (Å²) >= 11 is 0. The zero-order chi connectivity index (χ0) is 14.3. The number of carboxylic acids is 1. The molecule has 0 radical (unpaired) electrons. The third-order valence-electron chi connectivity index (χ3n) is 2.55. The summed E-state index contributed by atoms with van der Waals surface area (Å²) in [6.45, 7) is 11.3. The van der Waals surface area contributed by atoms with Crippen LogP contribution in [0.25, 0.3) is 0 Å². The summed E-state index contributed by atoms with van der Waals surface area (Å²) in [5.41, 5.74) is -0.959. The standard InChI is InChI=1S/C11H21NO3.C2H6/c1-10(2,7-13)6-11(3,4)8(12-5)9(14)15;1-2/h7-8,12H,6H2,1-5H3,(H,14,15);1-2H3. The molecule has 17 heavy (non-hydrogen) atoms. The number of carbonyl (C=O) groups is 2. The van der Waals surface area contributed by atoms with Gasteiger partial charge in [0.2, 0.25) is 0 Å². The first-order chi connectivity index (χ1) is 7.66. The van der Waals surface area contributed by atoms with Gasteiger partial charge in [-0.1, -0.05) is 41.5 Å². The number of nitrogens with one attached hydrogen (secondary N) is 1. The van der Waals surface area contributed by atoms with Gasteiger partial charge in [0.25, 0.3) is 0 Å². The monoisotopic (exact) mass is 245 g/mol. The average molecular weight is 245 g/mol. The first kappa shape index (κ1) is 18.5. The van der Waals surface area contributed by atoms with Gasteiger partial charge in [-0.15, -0.1) is 0 Å². The molecule has 0 aliphatic carbocycles. The number of likely N-dealkylation sites (N-methyl/N-ethyl adjacent to an activating group) is 1. The van der Waals surface area contributed by atoms with E-state index in [0.717, 1.165) is 6.29 Å². The van der Waals surface area contributed by atoms with Gasteiger partial charge in [-0.25, -0.2) is 0 Å². The van der Waals surface area contributed by atoms with E-state index in [4.69, 9.17) is 5.11 Å². The zero-order valence-corrected chi connectivity index (χ0v) is 12.1. The molecule has 4 heteroatoms. The number of aldehydes is 1. The van der Waals surface area contributed by atoms with E-state index in [9.17, 15) is 9.59 Å². The molecule has 0 saturated heterocycles. The molecule has 1 unspecified atom stereocenters. The summed E-state index contributed by atoms with van der Waals surface area (Å²) < 4.78 is 0. The van der Waals surface area contributed by atoms with E-state index in [0.29, 0.717) is 6.42 Å². The predicted octanol–water partition coefficient (Wildman–Crippen LogP) is 2.33. The molecule has 4 nitrogen and oxygen atoms in total. The van der Waals surface area contributed by atoms with Gasteiger partial charge >= 0.3 is 5.97 Å². The minimum Gasteiger partial charge on any atom is -0.480 e. The Labute approximate surface area is 105 Å². The molecule has 0 bridgehead atoms. The lowest BCUT2D eigenvalue weighted by Gasteiger charge is -2.35. The van der Waals surface area contributed by atoms with Crippen molar-refractivity contribution in [3.63, 3.8) is 0 Å². The third-order valence-corrected chi connectivity index (χ3v) is 2.55. The van der Waals surface area contributed by atoms with Crippen molar-refractivity contribution < 1.29 is 14.7 Å². The van der Waals surface area contributed by atoms with Gasteiger partial charge in [-0.05, 0) is 18.9 Å². The van der Waals surface area contributed by atoms with Crippen LogP contribution in [0.3, 0.4) is 0 Å². The molecule has 1 atom stereocenters. The number of aliphatic carboxylic acids is 1. The van der Waals surface area contributed by atoms with Crippen molar-refractivity contribution in [2.45, 2.75) is 54.0 Å². The third kappa shape index (κ3) is 6.41. The highest BCUT2D eigenvalue weighted by Gasteiger charge is 2.38. The quantitative estimate of drug-likeness (QED) is 0.705. The Morgan fingerprint density at radius 2 is 1.71 bits per heavy atom. The summed E-state index contributed by atoms with van der Waals surface area (Å²) in [6, 6.07) is -0.642. The van der Waals surface area contributed by atoms with E-state index in [-0.39, 0.29) is 0 Å². The summed E-state index contributed by atoms with van der Waals surface area (Å²) in [6.07, 6.45) is 1.41. The second-order valence-corrected chi connectivity index (χ2v) is 5.33. The summed E-state index contributed by atoms with van der Waals surface area (Å²) in [5, 5.41) is 11.8. The molecule has 0 aromatic rings. The summed E-state index contributed by atoms with van der Waals surface area (Å²) in [5.74, 6) is -0.885. The van der Waals surface area contributed by atoms with Crippen molar-refractivity contribution in [1.82, 2.24) is 5.32 Å². The molecular weight excluding hydrogens is 218 g/mol. The minimum absolute atomic E-state index is 0.467. The van der Waals surface area contributed by atoms with Crippen LogP contribution in [0.5, 0.6) is 0 Å². The highest BCUT2D eigenvalue weighted by molar-refractivity contribution is 5.74. The van der Waals surface area contributed by atoms with Crippen molar-refractivity contribution in [2.75, 3.05) is 7.05 Å². The van der Waals surface area contributed by atoms with Crippen LogP contribution in [0.1, 0.15) is 48.0 Å². The van der Waals surface area contributed by atoms with Crippen molar-refractivity contribution in [2.24, 2.45) is 10.8 Å². The Hall–Kier alpha value is -0.900. The van der Waals surface area contributed by atoms with Crippen molar-refractivity contribution in [3.8, 4) is 0 Å². The lowest BCUT2D eigenvalue weighted by atomic mass is 9.71. The maximum atomic E-state index is 11.0. The number of hydrogen-bond donors (Lipinski definition) is 2. The van der Waals surface area contributed by atoms with Crippen LogP contribution in [0.15, 0.2) is 0 Å². The van der Waals surface area contributed by atoms with E-state index in [1.165, 1.54) is 0 Å². The molecular formula is C13H27NO3. The first-order valence-electron chi connectivity index (χ1n) is 6.03. The lowest BCUT2D eigenvalue weighted by molar-refractivity contribution is -0.143. The van der Waals surface area contributed by atoms with E-state index < -0.39 is 22.8 Å². The maximum absolute atomic E-state index is 11.0. The van der Waals surface area contributed by atoms with Gasteiger partial charge < -0.3 is 15.2 Å². The first-order valence-corrected chi connectivity index (χ1v) is 6.03. The van der Waals surface area contributed by atoms with Crippen LogP contribution >= 0.6 is 0 Å². The van der Waals surface area contributed by atoms with Gasteiger partial charge in [0.15, 0.2) is 0 Å². The highest BCUT2D eigenvalue weighted by Crippen LogP contribution is 2.34. The normalized spacial score (nSPS) is 13.4. The van der Waals surface area contributed by atoms with Crippen LogP contribution in [0.4, 0.5) is 0 Å². The molecule has 0 aromatic heterocycles. The predicted molar refractivity (Wildman–Crippen MR) is 70.1 cm³/mol. The van der Waals surface area contributed by atoms with Crippen LogP contribution < -0.4 is 5.32 Å². The fourth-order valence-corrected chi connectivity index (χ4v) is 2.17. The van der Waals surface area contributed by atoms with Crippen LogP contribution in [-0.2, 0) is 9.59 Å². The molecule has 2 N–H and O–H groups in total. The molecule has 0 aliphatic heterocycles. The van der Waals surface area contributed by atoms with Crippen molar-refractivity contribution in [3.05, 3.63) is 0 Å². The van der Waals surface area contributed by atoms with Crippen molar-refractivity contribution in [1.29, 1.82) is 0 Å². The van der Waals surface area contributed by atoms with Crippen molar-refractivity contribution >= 4 is 12.3 Å². The second-order valence-electron chi connectivity index (χ2n) is 5.33. The molecule has 0 fully saturated rings. The lowest BCUT2D eigenvalue weighted by Crippen LogP contribution is -2.48. The van der Waals surface area contributed by atoms with E-state index >= 15 is 0 Å². The summed E-state index contributed by atoms with van der Waals surface area (Å²) in [4.78, 5) is 21.8. The largest absolute Gasteiger partial charge is 0.480 e. The number of carboxylic acid groups (broad SMARTS) is 1. The maximum Gasteiger partial charge on any atom is 0.321 e. The number of rotatable bonds is 6. The molecule has 0 rings (SSSR count). The SMILES string of the molecule is CC.CNC(C(=O)O)C(C)(C)CC(C)(C)C=O. The molecule has 0 spiro atoms. The molecule has 0 aliphatic rings.